The quantitative estimate of drug-likeness (QED) is 0.723. The van der Waals surface area contributed by atoms with Gasteiger partial charge < -0.3 is 10.6 Å². The minimum absolute atomic E-state index is 0.246. The Morgan fingerprint density at radius 2 is 1.61 bits per heavy atom. The van der Waals surface area contributed by atoms with Crippen LogP contribution < -0.4 is 10.6 Å². The van der Waals surface area contributed by atoms with E-state index >= 15 is 0 Å². The number of nitriles is 1. The van der Waals surface area contributed by atoms with Crippen LogP contribution in [0.3, 0.4) is 0 Å². The summed E-state index contributed by atoms with van der Waals surface area (Å²) >= 11 is 0. The summed E-state index contributed by atoms with van der Waals surface area (Å²) < 4.78 is 0. The number of benzene rings is 2. The molecule has 2 aromatic carbocycles. The Labute approximate surface area is 162 Å². The first kappa shape index (κ1) is 18.8. The van der Waals surface area contributed by atoms with Crippen molar-refractivity contribution < 1.29 is 9.59 Å². The second-order valence-corrected chi connectivity index (χ2v) is 6.31. The van der Waals surface area contributed by atoms with Gasteiger partial charge in [-0.15, -0.1) is 0 Å². The zero-order valence-electron chi connectivity index (χ0n) is 15.5. The maximum atomic E-state index is 12.6. The van der Waals surface area contributed by atoms with Gasteiger partial charge in [-0.25, -0.2) is 0 Å². The van der Waals surface area contributed by atoms with E-state index in [0.29, 0.717) is 16.9 Å². The van der Waals surface area contributed by atoms with Crippen LogP contribution in [0.2, 0.25) is 0 Å². The molecule has 1 aromatic heterocycles. The lowest BCUT2D eigenvalue weighted by Crippen LogP contribution is -2.16. The van der Waals surface area contributed by atoms with E-state index < -0.39 is 5.91 Å². The zero-order chi connectivity index (χ0) is 20.1. The highest BCUT2D eigenvalue weighted by molar-refractivity contribution is 6.08. The fraction of sp³-hybridized carbons (Fsp3) is 0.0909. The van der Waals surface area contributed by atoms with Crippen molar-refractivity contribution >= 4 is 23.2 Å². The number of nitrogens with one attached hydrogen (secondary N) is 2. The Balaban J connectivity index is 1.77. The number of pyridine rings is 1. The third-order valence-electron chi connectivity index (χ3n) is 4.36. The molecule has 0 atom stereocenters. The van der Waals surface area contributed by atoms with Crippen LogP contribution in [0, 0.1) is 25.2 Å². The normalized spacial score (nSPS) is 10.0. The Hall–Kier alpha value is -3.98. The van der Waals surface area contributed by atoms with Gasteiger partial charge in [-0.05, 0) is 55.3 Å². The summed E-state index contributed by atoms with van der Waals surface area (Å²) in [6, 6.07) is 15.8. The number of carbonyl (C=O) groups is 2. The predicted molar refractivity (Wildman–Crippen MR) is 107 cm³/mol. The molecule has 2 amide bonds. The van der Waals surface area contributed by atoms with E-state index in [1.54, 1.807) is 24.3 Å². The van der Waals surface area contributed by atoms with E-state index in [2.05, 4.69) is 15.6 Å². The molecular formula is C22H18N4O2. The molecule has 6 nitrogen and oxygen atoms in total. The molecule has 0 aliphatic heterocycles. The maximum Gasteiger partial charge on any atom is 0.257 e. The average molecular weight is 370 g/mol. The van der Waals surface area contributed by atoms with E-state index in [1.807, 2.05) is 38.1 Å². The van der Waals surface area contributed by atoms with Gasteiger partial charge in [0.2, 0.25) is 0 Å². The van der Waals surface area contributed by atoms with Crippen LogP contribution in [-0.2, 0) is 0 Å². The minimum Gasteiger partial charge on any atom is -0.322 e. The largest absolute Gasteiger partial charge is 0.322 e. The summed E-state index contributed by atoms with van der Waals surface area (Å²) in [5, 5.41) is 14.5. The maximum absolute atomic E-state index is 12.6. The molecule has 0 spiro atoms. The molecule has 0 aliphatic carbocycles. The van der Waals surface area contributed by atoms with Gasteiger partial charge in [-0.1, -0.05) is 18.2 Å². The van der Waals surface area contributed by atoms with Crippen molar-refractivity contribution in [3.8, 4) is 6.07 Å². The second kappa shape index (κ2) is 8.14. The van der Waals surface area contributed by atoms with Crippen molar-refractivity contribution in [1.82, 2.24) is 4.98 Å². The summed E-state index contributed by atoms with van der Waals surface area (Å²) in [5.41, 5.74) is 4.23. The fourth-order valence-corrected chi connectivity index (χ4v) is 2.64. The summed E-state index contributed by atoms with van der Waals surface area (Å²) in [4.78, 5) is 29.1. The summed E-state index contributed by atoms with van der Waals surface area (Å²) in [6.07, 6.45) is 2.80. The van der Waals surface area contributed by atoms with E-state index in [-0.39, 0.29) is 17.0 Å². The van der Waals surface area contributed by atoms with Gasteiger partial charge in [0.1, 0.15) is 0 Å². The van der Waals surface area contributed by atoms with Crippen molar-refractivity contribution in [2.45, 2.75) is 13.8 Å². The van der Waals surface area contributed by atoms with Gasteiger partial charge in [-0.2, -0.15) is 5.26 Å². The second-order valence-electron chi connectivity index (χ2n) is 6.31. The highest BCUT2D eigenvalue weighted by Gasteiger charge is 2.13. The van der Waals surface area contributed by atoms with Crippen LogP contribution in [-0.4, -0.2) is 16.8 Å². The molecule has 3 rings (SSSR count). The molecule has 0 saturated carbocycles. The van der Waals surface area contributed by atoms with Gasteiger partial charge in [0.05, 0.1) is 22.8 Å². The first-order chi connectivity index (χ1) is 13.5. The lowest BCUT2D eigenvalue weighted by Gasteiger charge is -2.11. The SMILES string of the molecule is Cc1cccc(NC(=O)c2cncc(C(=O)Nc3cccc(C#N)c3)c2)c1C. The topological polar surface area (TPSA) is 94.9 Å². The number of hydrogen-bond acceptors (Lipinski definition) is 4. The molecule has 0 unspecified atom stereocenters. The third kappa shape index (κ3) is 4.22. The van der Waals surface area contributed by atoms with Gasteiger partial charge >= 0.3 is 0 Å². The van der Waals surface area contributed by atoms with Crippen molar-refractivity contribution in [1.29, 1.82) is 5.26 Å². The van der Waals surface area contributed by atoms with Crippen molar-refractivity contribution in [3.63, 3.8) is 0 Å². The predicted octanol–water partition coefficient (Wildman–Crippen LogP) is 4.07. The standard InChI is InChI=1S/C22H18N4O2/c1-14-5-3-8-20(15(14)2)26-22(28)18-10-17(12-24-13-18)21(27)25-19-7-4-6-16(9-19)11-23/h3-10,12-13H,1-2H3,(H,25,27)(H,26,28). The van der Waals surface area contributed by atoms with Gasteiger partial charge in [-0.3, -0.25) is 14.6 Å². The van der Waals surface area contributed by atoms with E-state index in [4.69, 9.17) is 5.26 Å². The molecule has 0 bridgehead atoms. The number of hydrogen-bond donors (Lipinski definition) is 2. The van der Waals surface area contributed by atoms with Crippen LogP contribution >= 0.6 is 0 Å². The first-order valence-corrected chi connectivity index (χ1v) is 8.62. The summed E-state index contributed by atoms with van der Waals surface area (Å²) in [7, 11) is 0. The number of rotatable bonds is 4. The Morgan fingerprint density at radius 1 is 0.929 bits per heavy atom. The summed E-state index contributed by atoms with van der Waals surface area (Å²) in [5.74, 6) is -0.758. The highest BCUT2D eigenvalue weighted by atomic mass is 16.2. The Morgan fingerprint density at radius 3 is 2.32 bits per heavy atom. The Kier molecular flexibility index (Phi) is 5.47. The highest BCUT2D eigenvalue weighted by Crippen LogP contribution is 2.19. The Bertz CT molecular complexity index is 1100. The molecule has 0 aliphatic rings. The monoisotopic (exact) mass is 370 g/mol. The molecule has 138 valence electrons. The molecular weight excluding hydrogens is 352 g/mol. The smallest absolute Gasteiger partial charge is 0.257 e. The average Bonchev–Trinajstić information content (AvgIpc) is 2.71. The fourth-order valence-electron chi connectivity index (χ4n) is 2.64. The van der Waals surface area contributed by atoms with Crippen LogP contribution in [0.15, 0.2) is 60.9 Å². The van der Waals surface area contributed by atoms with E-state index in [9.17, 15) is 9.59 Å². The molecule has 1 heterocycles. The van der Waals surface area contributed by atoms with E-state index in [0.717, 1.165) is 11.1 Å². The van der Waals surface area contributed by atoms with Crippen molar-refractivity contribution in [2.75, 3.05) is 10.6 Å². The van der Waals surface area contributed by atoms with Crippen LogP contribution in [0.5, 0.6) is 0 Å². The molecule has 28 heavy (non-hydrogen) atoms. The van der Waals surface area contributed by atoms with Crippen LogP contribution in [0.1, 0.15) is 37.4 Å². The minimum atomic E-state index is -0.413. The third-order valence-corrected chi connectivity index (χ3v) is 4.36. The number of aryl methyl sites for hydroxylation is 1. The number of carbonyl (C=O) groups excluding carboxylic acids is 2. The zero-order valence-corrected chi connectivity index (χ0v) is 15.5. The van der Waals surface area contributed by atoms with Crippen molar-refractivity contribution in [2.24, 2.45) is 0 Å². The number of anilines is 2. The molecule has 0 saturated heterocycles. The first-order valence-electron chi connectivity index (χ1n) is 8.62. The lowest BCUT2D eigenvalue weighted by molar-refractivity contribution is 0.102. The number of nitrogens with zero attached hydrogens (tertiary/aromatic N) is 2. The van der Waals surface area contributed by atoms with Gasteiger partial charge in [0, 0.05) is 23.8 Å². The summed E-state index contributed by atoms with van der Waals surface area (Å²) in [6.45, 7) is 3.90. The lowest BCUT2D eigenvalue weighted by atomic mass is 10.1. The molecule has 2 N–H and O–H groups in total. The van der Waals surface area contributed by atoms with Gasteiger partial charge in [0.15, 0.2) is 0 Å². The van der Waals surface area contributed by atoms with Crippen molar-refractivity contribution in [3.05, 3.63) is 88.7 Å². The molecule has 3 aromatic rings. The molecule has 0 radical (unpaired) electrons. The van der Waals surface area contributed by atoms with Crippen LogP contribution in [0.25, 0.3) is 0 Å². The van der Waals surface area contributed by atoms with Crippen LogP contribution in [0.4, 0.5) is 11.4 Å². The molecule has 6 heteroatoms. The molecule has 0 fully saturated rings. The number of aromatic nitrogens is 1. The van der Waals surface area contributed by atoms with E-state index in [1.165, 1.54) is 18.5 Å². The van der Waals surface area contributed by atoms with Gasteiger partial charge in [0.25, 0.3) is 11.8 Å². The number of amides is 2.